The van der Waals surface area contributed by atoms with Gasteiger partial charge in [0.05, 0.1) is 35.1 Å². The van der Waals surface area contributed by atoms with Crippen molar-refractivity contribution < 1.29 is 51.3 Å². The van der Waals surface area contributed by atoms with E-state index in [2.05, 4.69) is 0 Å². The summed E-state index contributed by atoms with van der Waals surface area (Å²) >= 11 is 12.1. The molecule has 11 nitrogen and oxygen atoms in total. The first kappa shape index (κ1) is 38.9. The maximum absolute atomic E-state index is 15.5. The van der Waals surface area contributed by atoms with E-state index in [1.807, 2.05) is 0 Å². The van der Waals surface area contributed by atoms with Crippen LogP contribution in [0.25, 0.3) is 44.6 Å². The lowest BCUT2D eigenvalue weighted by Crippen LogP contribution is -2.28. The largest absolute Gasteiger partial charge is 0.491 e. The zero-order valence-corrected chi connectivity index (χ0v) is 30.8. The Labute approximate surface area is 320 Å². The number of hydrogen-bond donors (Lipinski definition) is 1. The lowest BCUT2D eigenvalue weighted by atomic mass is 10.0. The molecule has 0 saturated heterocycles. The molecular weight excluding hydrogens is 765 g/mol. The summed E-state index contributed by atoms with van der Waals surface area (Å²) in [6.07, 6.45) is 0. The van der Waals surface area contributed by atoms with Crippen LogP contribution in [0.4, 0.5) is 8.78 Å². The van der Waals surface area contributed by atoms with E-state index in [9.17, 15) is 24.3 Å². The fraction of sp³-hybridized carbons (Fsp3) is 0.200. The summed E-state index contributed by atoms with van der Waals surface area (Å²) in [6.45, 7) is 5.01. The molecule has 6 rings (SSSR count). The minimum atomic E-state index is -1.58. The predicted molar refractivity (Wildman–Crippen MR) is 200 cm³/mol. The van der Waals surface area contributed by atoms with Gasteiger partial charge in [0.2, 0.25) is 10.9 Å². The van der Waals surface area contributed by atoms with Gasteiger partial charge in [0.1, 0.15) is 53.1 Å². The summed E-state index contributed by atoms with van der Waals surface area (Å²) < 4.78 is 64.3. The molecule has 0 bridgehead atoms. The van der Waals surface area contributed by atoms with Crippen LogP contribution in [-0.4, -0.2) is 49.1 Å². The van der Waals surface area contributed by atoms with Crippen LogP contribution in [0, 0.1) is 11.6 Å². The highest BCUT2D eigenvalue weighted by Crippen LogP contribution is 2.33. The molecule has 0 radical (unpaired) electrons. The van der Waals surface area contributed by atoms with Crippen LogP contribution >= 0.6 is 23.2 Å². The summed E-state index contributed by atoms with van der Waals surface area (Å²) in [5, 5.41) is 10.3. The molecule has 1 N–H and O–H groups in total. The average Bonchev–Trinajstić information content (AvgIpc) is 3.10. The van der Waals surface area contributed by atoms with Gasteiger partial charge in [-0.3, -0.25) is 9.59 Å². The monoisotopic (exact) mass is 794 g/mol. The molecule has 0 fully saturated rings. The van der Waals surface area contributed by atoms with E-state index < -0.39 is 56.9 Å². The zero-order chi connectivity index (χ0) is 39.6. The fourth-order valence-corrected chi connectivity index (χ4v) is 5.82. The molecule has 0 aliphatic rings. The molecule has 0 spiro atoms. The van der Waals surface area contributed by atoms with Crippen molar-refractivity contribution >= 4 is 57.1 Å². The number of carbonyl (C=O) groups is 2. The number of ether oxygens (including phenoxy) is 4. The van der Waals surface area contributed by atoms with E-state index in [-0.39, 0.29) is 86.8 Å². The molecule has 0 saturated carbocycles. The highest BCUT2D eigenvalue weighted by Gasteiger charge is 2.29. The molecule has 0 aliphatic carbocycles. The molecule has 0 aliphatic heterocycles. The van der Waals surface area contributed by atoms with Gasteiger partial charge in [-0.25, -0.2) is 18.4 Å². The lowest BCUT2D eigenvalue weighted by Gasteiger charge is -2.20. The van der Waals surface area contributed by atoms with Crippen LogP contribution in [0.15, 0.2) is 91.2 Å². The van der Waals surface area contributed by atoms with Crippen molar-refractivity contribution in [3.63, 3.8) is 0 Å². The number of hydrogen-bond acceptors (Lipinski definition) is 10. The Morgan fingerprint density at radius 2 is 1.13 bits per heavy atom. The fourth-order valence-electron chi connectivity index (χ4n) is 5.50. The van der Waals surface area contributed by atoms with Gasteiger partial charge in [-0.15, -0.1) is 0 Å². The smallest absolute Gasteiger partial charge is 0.346 e. The Morgan fingerprint density at radius 3 is 1.56 bits per heavy atom. The zero-order valence-electron chi connectivity index (χ0n) is 29.3. The van der Waals surface area contributed by atoms with E-state index in [0.29, 0.717) is 0 Å². The molecule has 0 unspecified atom stereocenters. The van der Waals surface area contributed by atoms with Gasteiger partial charge < -0.3 is 32.9 Å². The van der Waals surface area contributed by atoms with Gasteiger partial charge in [-0.05, 0) is 69.3 Å². The maximum Gasteiger partial charge on any atom is 0.346 e. The van der Waals surface area contributed by atoms with Gasteiger partial charge in [0.25, 0.3) is 0 Å². The van der Waals surface area contributed by atoms with Crippen LogP contribution in [-0.2, 0) is 9.47 Å². The lowest BCUT2D eigenvalue weighted by molar-refractivity contribution is 0.00671. The first-order chi connectivity index (χ1) is 26.1. The molecule has 55 heavy (non-hydrogen) atoms. The van der Waals surface area contributed by atoms with Gasteiger partial charge in [-0.1, -0.05) is 23.2 Å². The van der Waals surface area contributed by atoms with Gasteiger partial charge in [0.15, 0.2) is 22.6 Å². The summed E-state index contributed by atoms with van der Waals surface area (Å²) in [7, 11) is 0. The summed E-state index contributed by atoms with van der Waals surface area (Å²) in [5.74, 6) is -4.88. The Bertz CT molecular complexity index is 2590. The highest BCUT2D eigenvalue weighted by atomic mass is 35.5. The third kappa shape index (κ3) is 8.64. The van der Waals surface area contributed by atoms with Crippen molar-refractivity contribution in [3.8, 4) is 34.1 Å². The SMILES string of the molecule is CC(C)(C)OC(=O)c1c(-c2ccc(OCCOCCOc3ccc(-c4oc5cc(Cl)ccc5c(=O)c4C(=O)O)c(F)c3)cc2F)oc2cc(Cl)ccc2c1=O. The van der Waals surface area contributed by atoms with Crippen molar-refractivity contribution in [3.05, 3.63) is 126 Å². The molecular formula is C40H30Cl2F2O11. The van der Waals surface area contributed by atoms with E-state index in [1.165, 1.54) is 60.7 Å². The van der Waals surface area contributed by atoms with E-state index in [4.69, 9.17) is 51.0 Å². The molecule has 2 heterocycles. The molecule has 2 aromatic heterocycles. The Morgan fingerprint density at radius 1 is 0.673 bits per heavy atom. The molecule has 284 valence electrons. The Balaban J connectivity index is 1.06. The van der Waals surface area contributed by atoms with Crippen LogP contribution in [0.1, 0.15) is 41.5 Å². The van der Waals surface area contributed by atoms with E-state index >= 15 is 8.78 Å². The number of carboxylic acid groups (broad SMARTS) is 1. The van der Waals surface area contributed by atoms with Crippen LogP contribution in [0.5, 0.6) is 11.5 Å². The number of carbonyl (C=O) groups excluding carboxylic acids is 1. The molecule has 0 amide bonds. The number of esters is 1. The van der Waals surface area contributed by atoms with Gasteiger partial charge in [-0.2, -0.15) is 0 Å². The van der Waals surface area contributed by atoms with Crippen LogP contribution < -0.4 is 20.3 Å². The first-order valence-electron chi connectivity index (χ1n) is 16.5. The van der Waals surface area contributed by atoms with Crippen molar-refractivity contribution in [1.29, 1.82) is 0 Å². The minimum Gasteiger partial charge on any atom is -0.491 e. The third-order valence-corrected chi connectivity index (χ3v) is 8.36. The number of rotatable bonds is 12. The Hall–Kier alpha value is -5.76. The molecule has 4 aromatic carbocycles. The number of aromatic carboxylic acids is 1. The predicted octanol–water partition coefficient (Wildman–Crippen LogP) is 8.95. The number of carboxylic acids is 1. The quantitative estimate of drug-likeness (QED) is 0.0934. The topological polar surface area (TPSA) is 152 Å². The molecule has 15 heteroatoms. The van der Waals surface area contributed by atoms with Crippen molar-refractivity contribution in [2.45, 2.75) is 26.4 Å². The number of benzene rings is 4. The van der Waals surface area contributed by atoms with Crippen molar-refractivity contribution in [2.24, 2.45) is 0 Å². The van der Waals surface area contributed by atoms with E-state index in [0.717, 1.165) is 12.1 Å². The summed E-state index contributed by atoms with van der Waals surface area (Å²) in [5.41, 5.74) is -4.10. The first-order valence-corrected chi connectivity index (χ1v) is 17.3. The van der Waals surface area contributed by atoms with Crippen molar-refractivity contribution in [1.82, 2.24) is 0 Å². The second kappa shape index (κ2) is 15.9. The molecule has 6 aromatic rings. The molecule has 0 atom stereocenters. The van der Waals surface area contributed by atoms with Crippen LogP contribution in [0.3, 0.4) is 0 Å². The Kier molecular flexibility index (Phi) is 11.3. The van der Waals surface area contributed by atoms with Crippen molar-refractivity contribution in [2.75, 3.05) is 26.4 Å². The third-order valence-electron chi connectivity index (χ3n) is 7.89. The minimum absolute atomic E-state index is 0.00289. The second-order valence-corrected chi connectivity index (χ2v) is 13.8. The number of fused-ring (bicyclic) bond motifs is 2. The second-order valence-electron chi connectivity index (χ2n) is 13.0. The van der Waals surface area contributed by atoms with E-state index in [1.54, 1.807) is 20.8 Å². The van der Waals surface area contributed by atoms with Gasteiger partial charge >= 0.3 is 11.9 Å². The summed E-state index contributed by atoms with van der Waals surface area (Å²) in [6, 6.07) is 15.8. The summed E-state index contributed by atoms with van der Waals surface area (Å²) in [4.78, 5) is 51.4. The van der Waals surface area contributed by atoms with Gasteiger partial charge in [0, 0.05) is 34.3 Å². The van der Waals surface area contributed by atoms with Crippen LogP contribution in [0.2, 0.25) is 10.0 Å². The average molecular weight is 796 g/mol. The standard InChI is InChI=1S/C40H30Cl2F2O11/c1-40(2,3)55-39(49)33-35(46)27-9-5-21(42)17-31(27)54-37(33)25-11-7-23(19-29(25)44)52-15-13-50-12-14-51-22-6-10-24(28(43)18-22)36-32(38(47)48)34(45)26-8-4-20(41)16-30(26)53-36/h4-11,16-19H,12-15H2,1-3H3,(H,47,48). The normalized spacial score (nSPS) is 11.5. The maximum atomic E-state index is 15.5. The number of halogens is 4. The highest BCUT2D eigenvalue weighted by molar-refractivity contribution is 6.31.